The number of unbranched alkanes of at least 4 members (excludes halogenated alkanes) is 9. The van der Waals surface area contributed by atoms with Crippen molar-refractivity contribution in [3.05, 3.63) is 0 Å². The van der Waals surface area contributed by atoms with Crippen LogP contribution in [0.2, 0.25) is 0 Å². The highest BCUT2D eigenvalue weighted by Crippen LogP contribution is 2.09. The third-order valence-corrected chi connectivity index (χ3v) is 3.93. The first kappa shape index (κ1) is 19.9. The highest BCUT2D eigenvalue weighted by Gasteiger charge is 2.07. The molecule has 2 heteroatoms. The summed E-state index contributed by atoms with van der Waals surface area (Å²) in [5.74, 6) is 0. The number of hydrogen-bond acceptors (Lipinski definition) is 2. The number of aliphatic hydroxyl groups is 1. The summed E-state index contributed by atoms with van der Waals surface area (Å²) in [4.78, 5) is 2.46. The van der Waals surface area contributed by atoms with Crippen LogP contribution in [0.25, 0.3) is 0 Å². The molecule has 122 valence electrons. The molecule has 0 aliphatic heterocycles. The molecule has 1 N–H and O–H groups in total. The fraction of sp³-hybridized carbons (Fsp3) is 1.00. The van der Waals surface area contributed by atoms with Gasteiger partial charge in [-0.15, -0.1) is 0 Å². The van der Waals surface area contributed by atoms with E-state index in [1.54, 1.807) is 0 Å². The molecule has 0 heterocycles. The molecule has 0 spiro atoms. The SMILES string of the molecule is CCCCCCCCCN(CCCCCC)CC(C)O. The third-order valence-electron chi connectivity index (χ3n) is 3.93. The zero-order valence-corrected chi connectivity index (χ0v) is 14.4. The van der Waals surface area contributed by atoms with Crippen LogP contribution in [-0.4, -0.2) is 35.7 Å². The van der Waals surface area contributed by atoms with E-state index in [0.29, 0.717) is 0 Å². The summed E-state index contributed by atoms with van der Waals surface area (Å²) < 4.78 is 0. The Morgan fingerprint density at radius 1 is 0.700 bits per heavy atom. The number of hydrogen-bond donors (Lipinski definition) is 1. The van der Waals surface area contributed by atoms with E-state index < -0.39 is 0 Å². The molecule has 1 unspecified atom stereocenters. The molecule has 0 rings (SSSR count). The van der Waals surface area contributed by atoms with E-state index in [1.807, 2.05) is 6.92 Å². The van der Waals surface area contributed by atoms with Crippen LogP contribution in [0.1, 0.15) is 91.4 Å². The topological polar surface area (TPSA) is 23.5 Å². The summed E-state index contributed by atoms with van der Waals surface area (Å²) in [5, 5.41) is 9.58. The van der Waals surface area contributed by atoms with Gasteiger partial charge < -0.3 is 10.0 Å². The van der Waals surface area contributed by atoms with Gasteiger partial charge >= 0.3 is 0 Å². The van der Waals surface area contributed by atoms with Crippen molar-refractivity contribution in [3.8, 4) is 0 Å². The summed E-state index contributed by atoms with van der Waals surface area (Å²) in [7, 11) is 0. The van der Waals surface area contributed by atoms with Crippen molar-refractivity contribution < 1.29 is 5.11 Å². The third kappa shape index (κ3) is 14.3. The maximum absolute atomic E-state index is 9.58. The predicted octanol–water partition coefficient (Wildman–Crippen LogP) is 5.00. The molecule has 0 bridgehead atoms. The van der Waals surface area contributed by atoms with Gasteiger partial charge in [0.25, 0.3) is 0 Å². The Morgan fingerprint density at radius 2 is 1.10 bits per heavy atom. The number of nitrogens with zero attached hydrogens (tertiary/aromatic N) is 1. The summed E-state index contributed by atoms with van der Waals surface area (Å²) >= 11 is 0. The van der Waals surface area contributed by atoms with Crippen LogP contribution >= 0.6 is 0 Å². The smallest absolute Gasteiger partial charge is 0.0639 e. The highest BCUT2D eigenvalue weighted by molar-refractivity contribution is 4.62. The second-order valence-electron chi connectivity index (χ2n) is 6.33. The minimum absolute atomic E-state index is 0.189. The molecule has 0 aromatic rings. The fourth-order valence-electron chi connectivity index (χ4n) is 2.72. The standard InChI is InChI=1S/C18H39NO/c1-4-6-8-10-11-12-14-16-19(17-18(3)20)15-13-9-7-5-2/h18,20H,4-17H2,1-3H3. The monoisotopic (exact) mass is 285 g/mol. The minimum Gasteiger partial charge on any atom is -0.392 e. The van der Waals surface area contributed by atoms with E-state index in [-0.39, 0.29) is 6.10 Å². The lowest BCUT2D eigenvalue weighted by Gasteiger charge is -2.23. The van der Waals surface area contributed by atoms with Crippen LogP contribution in [0.4, 0.5) is 0 Å². The summed E-state index contributed by atoms with van der Waals surface area (Å²) in [6, 6.07) is 0. The Bertz CT molecular complexity index is 182. The highest BCUT2D eigenvalue weighted by atomic mass is 16.3. The Kier molecular flexibility index (Phi) is 15.3. The molecule has 0 saturated carbocycles. The first-order chi connectivity index (χ1) is 9.70. The van der Waals surface area contributed by atoms with Crippen molar-refractivity contribution in [1.29, 1.82) is 0 Å². The summed E-state index contributed by atoms with van der Waals surface area (Å²) in [6.45, 7) is 9.62. The molecule has 0 saturated heterocycles. The second kappa shape index (κ2) is 15.3. The van der Waals surface area contributed by atoms with E-state index in [0.717, 1.165) is 6.54 Å². The van der Waals surface area contributed by atoms with Crippen LogP contribution < -0.4 is 0 Å². The van der Waals surface area contributed by atoms with Gasteiger partial charge in [-0.1, -0.05) is 71.6 Å². The van der Waals surface area contributed by atoms with Gasteiger partial charge in [-0.2, -0.15) is 0 Å². The lowest BCUT2D eigenvalue weighted by Crippen LogP contribution is -2.32. The second-order valence-corrected chi connectivity index (χ2v) is 6.33. The lowest BCUT2D eigenvalue weighted by molar-refractivity contribution is 0.123. The Balaban J connectivity index is 3.59. The van der Waals surface area contributed by atoms with Crippen molar-refractivity contribution in [2.45, 2.75) is 97.5 Å². The fourth-order valence-corrected chi connectivity index (χ4v) is 2.72. The van der Waals surface area contributed by atoms with Gasteiger partial charge in [-0.05, 0) is 32.9 Å². The molecule has 0 amide bonds. The van der Waals surface area contributed by atoms with Gasteiger partial charge in [0.1, 0.15) is 0 Å². The first-order valence-electron chi connectivity index (χ1n) is 9.11. The van der Waals surface area contributed by atoms with Crippen LogP contribution in [-0.2, 0) is 0 Å². The molecular weight excluding hydrogens is 246 g/mol. The van der Waals surface area contributed by atoms with E-state index in [1.165, 1.54) is 83.7 Å². The van der Waals surface area contributed by atoms with Crippen molar-refractivity contribution in [2.75, 3.05) is 19.6 Å². The first-order valence-corrected chi connectivity index (χ1v) is 9.11. The average molecular weight is 286 g/mol. The summed E-state index contributed by atoms with van der Waals surface area (Å²) in [5.41, 5.74) is 0. The van der Waals surface area contributed by atoms with Crippen molar-refractivity contribution in [2.24, 2.45) is 0 Å². The van der Waals surface area contributed by atoms with Gasteiger partial charge in [0.05, 0.1) is 6.10 Å². The quantitative estimate of drug-likeness (QED) is 0.428. The Morgan fingerprint density at radius 3 is 1.55 bits per heavy atom. The normalized spacial score (nSPS) is 13.1. The predicted molar refractivity (Wildman–Crippen MR) is 90.3 cm³/mol. The maximum atomic E-state index is 9.58. The lowest BCUT2D eigenvalue weighted by atomic mass is 10.1. The Labute approximate surface area is 127 Å². The molecule has 2 nitrogen and oxygen atoms in total. The van der Waals surface area contributed by atoms with Crippen LogP contribution in [0, 0.1) is 0 Å². The molecule has 20 heavy (non-hydrogen) atoms. The molecule has 0 aromatic carbocycles. The van der Waals surface area contributed by atoms with Crippen LogP contribution in [0.5, 0.6) is 0 Å². The minimum atomic E-state index is -0.189. The average Bonchev–Trinajstić information content (AvgIpc) is 2.41. The zero-order valence-electron chi connectivity index (χ0n) is 14.4. The van der Waals surface area contributed by atoms with Gasteiger partial charge in [-0.3, -0.25) is 0 Å². The molecule has 0 aromatic heterocycles. The van der Waals surface area contributed by atoms with E-state index in [9.17, 15) is 5.11 Å². The van der Waals surface area contributed by atoms with Gasteiger partial charge in [-0.25, -0.2) is 0 Å². The van der Waals surface area contributed by atoms with E-state index in [4.69, 9.17) is 0 Å². The summed E-state index contributed by atoms with van der Waals surface area (Å²) in [6.07, 6.45) is 14.7. The maximum Gasteiger partial charge on any atom is 0.0639 e. The molecular formula is C18H39NO. The molecule has 1 atom stereocenters. The Hall–Kier alpha value is -0.0800. The molecule has 0 aliphatic carbocycles. The van der Waals surface area contributed by atoms with Crippen molar-refractivity contribution in [1.82, 2.24) is 4.90 Å². The van der Waals surface area contributed by atoms with E-state index >= 15 is 0 Å². The van der Waals surface area contributed by atoms with Gasteiger partial charge in [0, 0.05) is 6.54 Å². The number of rotatable bonds is 15. The van der Waals surface area contributed by atoms with Gasteiger partial charge in [0.2, 0.25) is 0 Å². The largest absolute Gasteiger partial charge is 0.392 e. The van der Waals surface area contributed by atoms with Crippen molar-refractivity contribution >= 4 is 0 Å². The zero-order chi connectivity index (χ0) is 15.1. The van der Waals surface area contributed by atoms with Crippen LogP contribution in [0.15, 0.2) is 0 Å². The molecule has 0 fully saturated rings. The molecule has 0 radical (unpaired) electrons. The van der Waals surface area contributed by atoms with Gasteiger partial charge in [0.15, 0.2) is 0 Å². The van der Waals surface area contributed by atoms with Crippen molar-refractivity contribution in [3.63, 3.8) is 0 Å². The van der Waals surface area contributed by atoms with E-state index in [2.05, 4.69) is 18.7 Å². The van der Waals surface area contributed by atoms with Crippen LogP contribution in [0.3, 0.4) is 0 Å². The molecule has 0 aliphatic rings. The number of aliphatic hydroxyl groups excluding tert-OH is 1.